The lowest BCUT2D eigenvalue weighted by atomic mass is 10.2. The summed E-state index contributed by atoms with van der Waals surface area (Å²) in [5.74, 6) is 5.58. The van der Waals surface area contributed by atoms with Gasteiger partial charge in [0.1, 0.15) is 18.1 Å². The van der Waals surface area contributed by atoms with Crippen LogP contribution < -0.4 is 14.8 Å². The van der Waals surface area contributed by atoms with Gasteiger partial charge in [0.2, 0.25) is 0 Å². The van der Waals surface area contributed by atoms with Crippen LogP contribution >= 0.6 is 15.9 Å². The van der Waals surface area contributed by atoms with E-state index >= 15 is 0 Å². The molecular weight excluding hydrogens is 427 g/mol. The van der Waals surface area contributed by atoms with E-state index in [0.717, 1.165) is 12.1 Å². The van der Waals surface area contributed by atoms with E-state index in [1.165, 1.54) is 19.2 Å². The fraction of sp³-hybridized carbons (Fsp3) is 0.211. The lowest BCUT2D eigenvalue weighted by Gasteiger charge is -2.08. The highest BCUT2D eigenvalue weighted by Crippen LogP contribution is 2.31. The molecule has 0 saturated carbocycles. The number of methoxy groups -OCH3 is 1. The molecule has 0 bridgehead atoms. The van der Waals surface area contributed by atoms with Gasteiger partial charge in [0.15, 0.2) is 0 Å². The van der Waals surface area contributed by atoms with Crippen LogP contribution in [0.15, 0.2) is 46.9 Å². The monoisotopic (exact) mass is 441 g/mol. The van der Waals surface area contributed by atoms with Crippen molar-refractivity contribution in [2.24, 2.45) is 0 Å². The molecule has 0 spiro atoms. The fourth-order valence-electron chi connectivity index (χ4n) is 2.02. The highest BCUT2D eigenvalue weighted by molar-refractivity contribution is 9.10. The van der Waals surface area contributed by atoms with E-state index < -0.39 is 11.7 Å². The average Bonchev–Trinajstić information content (AvgIpc) is 2.64. The molecule has 0 aliphatic carbocycles. The van der Waals surface area contributed by atoms with E-state index in [9.17, 15) is 18.0 Å². The van der Waals surface area contributed by atoms with Crippen molar-refractivity contribution in [1.82, 2.24) is 5.32 Å². The molecule has 2 aromatic rings. The van der Waals surface area contributed by atoms with Crippen LogP contribution in [0.1, 0.15) is 15.9 Å². The van der Waals surface area contributed by atoms with Gasteiger partial charge in [0.05, 0.1) is 24.8 Å². The number of ether oxygens (including phenoxy) is 2. The molecule has 27 heavy (non-hydrogen) atoms. The van der Waals surface area contributed by atoms with Gasteiger partial charge in [0, 0.05) is 4.47 Å². The maximum absolute atomic E-state index is 12.6. The second-order valence-electron chi connectivity index (χ2n) is 5.20. The first-order valence-corrected chi connectivity index (χ1v) is 8.48. The van der Waals surface area contributed by atoms with Crippen molar-refractivity contribution in [2.45, 2.75) is 6.18 Å². The molecule has 4 nitrogen and oxygen atoms in total. The minimum Gasteiger partial charge on any atom is -0.497 e. The number of alkyl halides is 3. The van der Waals surface area contributed by atoms with Crippen LogP contribution in [-0.4, -0.2) is 26.2 Å². The molecule has 2 aromatic carbocycles. The van der Waals surface area contributed by atoms with Gasteiger partial charge in [-0.05, 0) is 52.3 Å². The smallest absolute Gasteiger partial charge is 0.416 e. The molecule has 0 heterocycles. The number of carbonyl (C=O) groups is 1. The third-order valence-electron chi connectivity index (χ3n) is 3.35. The first-order valence-electron chi connectivity index (χ1n) is 7.69. The second kappa shape index (κ2) is 9.33. The second-order valence-corrected chi connectivity index (χ2v) is 6.05. The SMILES string of the molecule is COc1ccc(Br)c(C(=O)NCC#CCOc2cccc(C(F)(F)F)c2)c1. The van der Waals surface area contributed by atoms with Gasteiger partial charge in [-0.15, -0.1) is 0 Å². The number of carbonyl (C=O) groups excluding carboxylic acids is 1. The Morgan fingerprint density at radius 3 is 2.63 bits per heavy atom. The minimum atomic E-state index is -4.43. The van der Waals surface area contributed by atoms with E-state index in [4.69, 9.17) is 9.47 Å². The summed E-state index contributed by atoms with van der Waals surface area (Å²) in [4.78, 5) is 12.1. The Labute approximate surface area is 162 Å². The van der Waals surface area contributed by atoms with Crippen LogP contribution in [0.5, 0.6) is 11.5 Å². The van der Waals surface area contributed by atoms with Gasteiger partial charge in [0.25, 0.3) is 5.91 Å². The van der Waals surface area contributed by atoms with E-state index in [1.54, 1.807) is 18.2 Å². The van der Waals surface area contributed by atoms with Crippen LogP contribution in [-0.2, 0) is 6.18 Å². The Morgan fingerprint density at radius 2 is 1.93 bits per heavy atom. The summed E-state index contributed by atoms with van der Waals surface area (Å²) in [6.45, 7) is -0.0333. The molecule has 8 heteroatoms. The summed E-state index contributed by atoms with van der Waals surface area (Å²) < 4.78 is 48.7. The zero-order valence-electron chi connectivity index (χ0n) is 14.2. The number of amides is 1. The summed E-state index contributed by atoms with van der Waals surface area (Å²) in [5, 5.41) is 2.62. The molecular formula is C19H15BrF3NO3. The molecule has 0 unspecified atom stereocenters. The van der Waals surface area contributed by atoms with Crippen LogP contribution in [0.3, 0.4) is 0 Å². The highest BCUT2D eigenvalue weighted by atomic mass is 79.9. The maximum Gasteiger partial charge on any atom is 0.416 e. The number of halogens is 4. The van der Waals surface area contributed by atoms with Crippen molar-refractivity contribution in [3.63, 3.8) is 0 Å². The van der Waals surface area contributed by atoms with Crippen molar-refractivity contribution in [3.05, 3.63) is 58.1 Å². The average molecular weight is 442 g/mol. The minimum absolute atomic E-state index is 0.0639. The molecule has 0 aliphatic rings. The van der Waals surface area contributed by atoms with E-state index in [0.29, 0.717) is 15.8 Å². The molecule has 0 fully saturated rings. The molecule has 0 saturated heterocycles. The Morgan fingerprint density at radius 1 is 1.15 bits per heavy atom. The normalized spacial score (nSPS) is 10.6. The third-order valence-corrected chi connectivity index (χ3v) is 4.04. The standard InChI is InChI=1S/C19H15BrF3NO3/c1-26-14-7-8-17(20)16(12-14)18(25)24-9-2-3-10-27-15-6-4-5-13(11-15)19(21,22)23/h4-8,11-12H,9-10H2,1H3,(H,24,25). The Kier molecular flexibility index (Phi) is 7.13. The molecule has 2 rings (SSSR count). The van der Waals surface area contributed by atoms with E-state index in [2.05, 4.69) is 33.1 Å². The predicted molar refractivity (Wildman–Crippen MR) is 97.7 cm³/mol. The lowest BCUT2D eigenvalue weighted by Crippen LogP contribution is -2.24. The molecule has 1 amide bonds. The Bertz CT molecular complexity index is 872. The quantitative estimate of drug-likeness (QED) is 0.704. The van der Waals surface area contributed by atoms with Gasteiger partial charge >= 0.3 is 6.18 Å². The fourth-order valence-corrected chi connectivity index (χ4v) is 2.45. The van der Waals surface area contributed by atoms with E-state index in [1.807, 2.05) is 0 Å². The lowest BCUT2D eigenvalue weighted by molar-refractivity contribution is -0.137. The number of hydrogen-bond acceptors (Lipinski definition) is 3. The van der Waals surface area contributed by atoms with E-state index in [-0.39, 0.29) is 24.8 Å². The molecule has 0 aliphatic heterocycles. The van der Waals surface area contributed by atoms with Crippen LogP contribution in [0, 0.1) is 11.8 Å². The Balaban J connectivity index is 1.84. The summed E-state index contributed by atoms with van der Waals surface area (Å²) in [6, 6.07) is 9.54. The number of hydrogen-bond donors (Lipinski definition) is 1. The van der Waals surface area contributed by atoms with Crippen molar-refractivity contribution >= 4 is 21.8 Å². The van der Waals surface area contributed by atoms with Crippen LogP contribution in [0.25, 0.3) is 0 Å². The van der Waals surface area contributed by atoms with Crippen molar-refractivity contribution in [2.75, 3.05) is 20.3 Å². The molecule has 0 radical (unpaired) electrons. The highest BCUT2D eigenvalue weighted by Gasteiger charge is 2.30. The summed E-state index contributed by atoms with van der Waals surface area (Å²) in [5.41, 5.74) is -0.388. The van der Waals surface area contributed by atoms with Gasteiger partial charge < -0.3 is 14.8 Å². The molecule has 0 atom stereocenters. The first kappa shape index (κ1) is 20.6. The van der Waals surface area contributed by atoms with Crippen LogP contribution in [0.4, 0.5) is 13.2 Å². The van der Waals surface area contributed by atoms with Crippen molar-refractivity contribution in [1.29, 1.82) is 0 Å². The number of benzene rings is 2. The van der Waals surface area contributed by atoms with Crippen LogP contribution in [0.2, 0.25) is 0 Å². The predicted octanol–water partition coefficient (Wildman–Crippen LogP) is 4.29. The molecule has 1 N–H and O–H groups in total. The summed E-state index contributed by atoms with van der Waals surface area (Å²) in [6.07, 6.45) is -4.43. The summed E-state index contributed by atoms with van der Waals surface area (Å²) in [7, 11) is 1.50. The Hall–Kier alpha value is -2.66. The largest absolute Gasteiger partial charge is 0.497 e. The van der Waals surface area contributed by atoms with Crippen molar-refractivity contribution < 1.29 is 27.4 Å². The summed E-state index contributed by atoms with van der Waals surface area (Å²) >= 11 is 3.29. The maximum atomic E-state index is 12.6. The first-order chi connectivity index (χ1) is 12.8. The van der Waals surface area contributed by atoms with Gasteiger partial charge in [-0.25, -0.2) is 0 Å². The topological polar surface area (TPSA) is 47.6 Å². The number of nitrogens with one attached hydrogen (secondary N) is 1. The van der Waals surface area contributed by atoms with Crippen molar-refractivity contribution in [3.8, 4) is 23.3 Å². The molecule has 142 valence electrons. The molecule has 0 aromatic heterocycles. The van der Waals surface area contributed by atoms with Gasteiger partial charge in [-0.3, -0.25) is 4.79 Å². The zero-order valence-corrected chi connectivity index (χ0v) is 15.8. The van der Waals surface area contributed by atoms with Gasteiger partial charge in [-0.1, -0.05) is 17.9 Å². The zero-order chi connectivity index (χ0) is 19.9. The van der Waals surface area contributed by atoms with Gasteiger partial charge in [-0.2, -0.15) is 13.2 Å². The third kappa shape index (κ3) is 6.22. The number of rotatable bonds is 5.